The molecule has 1 aromatic heterocycles. The number of benzene rings is 2. The second kappa shape index (κ2) is 12.1. The monoisotopic (exact) mass is 554 g/mol. The standard InChI is InChI=1S/C31H37F3N4O2/c1-21(2)36-29(39)28-20-37(18-23-11-13-35-14-12-23)15-16-38(28)19-24-5-10-27(22(3)17-24)25-6-8-26(9-7-25)30(4,40)31(32,33)34/h5-14,17,21,28,40H,15-16,18-20H2,1-4H3,(H,36,39)/t28-,30?/m1/s1. The predicted octanol–water partition coefficient (Wildman–Crippen LogP) is 5.04. The number of carbonyl (C=O) groups is 1. The molecule has 2 heterocycles. The Hall–Kier alpha value is -3.27. The number of hydrogen-bond donors (Lipinski definition) is 2. The van der Waals surface area contributed by atoms with Crippen molar-refractivity contribution in [3.05, 3.63) is 89.2 Å². The van der Waals surface area contributed by atoms with Crippen LogP contribution >= 0.6 is 0 Å². The van der Waals surface area contributed by atoms with Crippen LogP contribution in [0, 0.1) is 6.92 Å². The summed E-state index contributed by atoms with van der Waals surface area (Å²) in [6, 6.07) is 15.6. The molecular formula is C31H37F3N4O2. The number of rotatable bonds is 8. The number of piperazine rings is 1. The fraction of sp³-hybridized carbons (Fsp3) is 0.419. The van der Waals surface area contributed by atoms with Crippen molar-refractivity contribution in [2.75, 3.05) is 19.6 Å². The van der Waals surface area contributed by atoms with E-state index in [1.54, 1.807) is 24.5 Å². The third-order valence-electron chi connectivity index (χ3n) is 7.45. The first kappa shape index (κ1) is 29.7. The summed E-state index contributed by atoms with van der Waals surface area (Å²) in [5.41, 5.74) is 1.75. The van der Waals surface area contributed by atoms with Gasteiger partial charge in [-0.1, -0.05) is 42.5 Å². The van der Waals surface area contributed by atoms with Crippen LogP contribution in [0.15, 0.2) is 67.0 Å². The number of aryl methyl sites for hydroxylation is 1. The highest BCUT2D eigenvalue weighted by Gasteiger charge is 2.51. The van der Waals surface area contributed by atoms with Gasteiger partial charge in [0.25, 0.3) is 0 Å². The van der Waals surface area contributed by atoms with Crippen molar-refractivity contribution in [3.8, 4) is 11.1 Å². The van der Waals surface area contributed by atoms with Crippen LogP contribution in [-0.2, 0) is 23.5 Å². The van der Waals surface area contributed by atoms with E-state index in [1.165, 1.54) is 12.1 Å². The van der Waals surface area contributed by atoms with Crippen LogP contribution in [0.25, 0.3) is 11.1 Å². The van der Waals surface area contributed by atoms with Crippen molar-refractivity contribution >= 4 is 5.91 Å². The van der Waals surface area contributed by atoms with Crippen molar-refractivity contribution in [3.63, 3.8) is 0 Å². The van der Waals surface area contributed by atoms with E-state index in [9.17, 15) is 23.1 Å². The largest absolute Gasteiger partial charge is 0.421 e. The van der Waals surface area contributed by atoms with Crippen LogP contribution in [-0.4, -0.2) is 63.7 Å². The van der Waals surface area contributed by atoms with Gasteiger partial charge in [-0.05, 0) is 73.2 Å². The Morgan fingerprint density at radius 2 is 1.70 bits per heavy atom. The van der Waals surface area contributed by atoms with Gasteiger partial charge >= 0.3 is 6.18 Å². The van der Waals surface area contributed by atoms with Gasteiger partial charge in [-0.2, -0.15) is 13.2 Å². The van der Waals surface area contributed by atoms with Crippen molar-refractivity contribution in [1.82, 2.24) is 20.1 Å². The van der Waals surface area contributed by atoms with Gasteiger partial charge in [0, 0.05) is 51.2 Å². The molecule has 1 unspecified atom stereocenters. The first-order chi connectivity index (χ1) is 18.8. The molecule has 2 atom stereocenters. The first-order valence-corrected chi connectivity index (χ1v) is 13.5. The minimum Gasteiger partial charge on any atom is -0.376 e. The highest BCUT2D eigenvalue weighted by molar-refractivity contribution is 5.82. The molecule has 6 nitrogen and oxygen atoms in total. The third kappa shape index (κ3) is 6.89. The number of aliphatic hydroxyl groups is 1. The number of halogens is 3. The normalized spacial score (nSPS) is 18.5. The number of hydrogen-bond acceptors (Lipinski definition) is 5. The zero-order valence-corrected chi connectivity index (χ0v) is 23.4. The summed E-state index contributed by atoms with van der Waals surface area (Å²) in [6.45, 7) is 10.2. The van der Waals surface area contributed by atoms with E-state index in [-0.39, 0.29) is 23.6 Å². The van der Waals surface area contributed by atoms with E-state index in [4.69, 9.17) is 0 Å². The molecule has 1 aliphatic rings. The second-order valence-electron chi connectivity index (χ2n) is 11.0. The lowest BCUT2D eigenvalue weighted by molar-refractivity contribution is -0.258. The van der Waals surface area contributed by atoms with Gasteiger partial charge < -0.3 is 10.4 Å². The first-order valence-electron chi connectivity index (χ1n) is 13.5. The zero-order valence-electron chi connectivity index (χ0n) is 23.4. The smallest absolute Gasteiger partial charge is 0.376 e. The molecule has 1 amide bonds. The lowest BCUT2D eigenvalue weighted by Crippen LogP contribution is -2.59. The average Bonchev–Trinajstić information content (AvgIpc) is 2.89. The Kier molecular flexibility index (Phi) is 8.97. The van der Waals surface area contributed by atoms with Crippen LogP contribution in [0.2, 0.25) is 0 Å². The number of nitrogens with one attached hydrogen (secondary N) is 1. The summed E-state index contributed by atoms with van der Waals surface area (Å²) < 4.78 is 39.7. The molecule has 4 rings (SSSR count). The van der Waals surface area contributed by atoms with Gasteiger partial charge in [-0.25, -0.2) is 0 Å². The molecule has 0 saturated carbocycles. The molecular weight excluding hydrogens is 517 g/mol. The van der Waals surface area contributed by atoms with Gasteiger partial charge in [0.1, 0.15) is 6.04 Å². The maximum atomic E-state index is 13.2. The molecule has 1 fully saturated rings. The van der Waals surface area contributed by atoms with Gasteiger partial charge in [-0.3, -0.25) is 19.6 Å². The topological polar surface area (TPSA) is 68.7 Å². The molecule has 9 heteroatoms. The number of alkyl halides is 3. The summed E-state index contributed by atoms with van der Waals surface area (Å²) in [5.74, 6) is 0.0117. The minimum atomic E-state index is -4.76. The Morgan fingerprint density at radius 3 is 2.30 bits per heavy atom. The third-order valence-corrected chi connectivity index (χ3v) is 7.45. The zero-order chi connectivity index (χ0) is 29.1. The maximum Gasteiger partial charge on any atom is 0.421 e. The second-order valence-corrected chi connectivity index (χ2v) is 11.0. The highest BCUT2D eigenvalue weighted by Crippen LogP contribution is 2.39. The summed E-state index contributed by atoms with van der Waals surface area (Å²) >= 11 is 0. The Labute approximate surface area is 233 Å². The van der Waals surface area contributed by atoms with Crippen molar-refractivity contribution in [2.45, 2.75) is 64.6 Å². The van der Waals surface area contributed by atoms with Crippen molar-refractivity contribution in [2.24, 2.45) is 0 Å². The van der Waals surface area contributed by atoms with Gasteiger partial charge in [0.15, 0.2) is 5.60 Å². The van der Waals surface area contributed by atoms with Gasteiger partial charge in [0.2, 0.25) is 5.91 Å². The van der Waals surface area contributed by atoms with E-state index in [0.29, 0.717) is 13.1 Å². The van der Waals surface area contributed by atoms with Crippen molar-refractivity contribution < 1.29 is 23.1 Å². The number of aromatic nitrogens is 1. The fourth-order valence-corrected chi connectivity index (χ4v) is 5.11. The van der Waals surface area contributed by atoms with E-state index >= 15 is 0 Å². The molecule has 2 aromatic carbocycles. The van der Waals surface area contributed by atoms with Crippen LogP contribution in [0.4, 0.5) is 13.2 Å². The lowest BCUT2D eigenvalue weighted by atomic mass is 9.92. The van der Waals surface area contributed by atoms with E-state index in [0.717, 1.165) is 54.4 Å². The Morgan fingerprint density at radius 1 is 1.02 bits per heavy atom. The molecule has 40 heavy (non-hydrogen) atoms. The van der Waals surface area contributed by atoms with E-state index < -0.39 is 11.8 Å². The summed E-state index contributed by atoms with van der Waals surface area (Å²) in [4.78, 5) is 21.8. The molecule has 0 bridgehead atoms. The molecule has 1 aliphatic heterocycles. The number of carbonyl (C=O) groups excluding carboxylic acids is 1. The number of amides is 1. The Balaban J connectivity index is 1.49. The SMILES string of the molecule is Cc1cc(CN2CCN(Cc3ccncc3)C[C@@H]2C(=O)NC(C)C)ccc1-c1ccc(C(C)(O)C(F)(F)F)cc1. The molecule has 0 radical (unpaired) electrons. The summed E-state index contributed by atoms with van der Waals surface area (Å²) in [5, 5.41) is 13.0. The number of pyridine rings is 1. The molecule has 1 saturated heterocycles. The van der Waals surface area contributed by atoms with Crippen LogP contribution in [0.1, 0.15) is 43.0 Å². The van der Waals surface area contributed by atoms with E-state index in [2.05, 4.69) is 26.2 Å². The minimum absolute atomic E-state index is 0.0117. The van der Waals surface area contributed by atoms with Crippen LogP contribution in [0.5, 0.6) is 0 Å². The molecule has 0 aliphatic carbocycles. The van der Waals surface area contributed by atoms with Gasteiger partial charge in [0.05, 0.1) is 0 Å². The summed E-state index contributed by atoms with van der Waals surface area (Å²) in [7, 11) is 0. The van der Waals surface area contributed by atoms with Crippen molar-refractivity contribution in [1.29, 1.82) is 0 Å². The van der Waals surface area contributed by atoms with Gasteiger partial charge in [-0.15, -0.1) is 0 Å². The average molecular weight is 555 g/mol. The molecule has 2 N–H and O–H groups in total. The number of nitrogens with zero attached hydrogens (tertiary/aromatic N) is 3. The quantitative estimate of drug-likeness (QED) is 0.409. The lowest BCUT2D eigenvalue weighted by Gasteiger charge is -2.41. The highest BCUT2D eigenvalue weighted by atomic mass is 19.4. The Bertz CT molecular complexity index is 1290. The maximum absolute atomic E-state index is 13.2. The molecule has 3 aromatic rings. The molecule has 214 valence electrons. The van der Waals surface area contributed by atoms with Crippen LogP contribution < -0.4 is 5.32 Å². The van der Waals surface area contributed by atoms with E-state index in [1.807, 2.05) is 45.0 Å². The molecule has 0 spiro atoms. The summed E-state index contributed by atoms with van der Waals surface area (Å²) in [6.07, 6.45) is -1.21. The fourth-order valence-electron chi connectivity index (χ4n) is 5.11. The predicted molar refractivity (Wildman–Crippen MR) is 149 cm³/mol. The van der Waals surface area contributed by atoms with Crippen LogP contribution in [0.3, 0.4) is 0 Å².